The molecule has 0 heterocycles. The smallest absolute Gasteiger partial charge is 0.162 e. The zero-order chi connectivity index (χ0) is 11.1. The average Bonchev–Trinajstić information content (AvgIpc) is 2.13. The molecule has 0 spiro atoms. The molecular weight excluding hydrogens is 178 g/mol. The molecule has 0 aromatic rings. The van der Waals surface area contributed by atoms with Crippen molar-refractivity contribution >= 4 is 5.78 Å². The van der Waals surface area contributed by atoms with E-state index in [1.165, 1.54) is 0 Å². The first-order valence-corrected chi connectivity index (χ1v) is 4.88. The summed E-state index contributed by atoms with van der Waals surface area (Å²) in [6, 6.07) is 0. The van der Waals surface area contributed by atoms with Crippen LogP contribution in [0.3, 0.4) is 0 Å². The number of nitrogens with zero attached hydrogens (tertiary/aromatic N) is 1. The van der Waals surface area contributed by atoms with Crippen LogP contribution < -0.4 is 0 Å². The van der Waals surface area contributed by atoms with Crippen LogP contribution in [0.5, 0.6) is 0 Å². The lowest BCUT2D eigenvalue weighted by atomic mass is 10.0. The molecule has 3 heteroatoms. The molecule has 0 unspecified atom stereocenters. The summed E-state index contributed by atoms with van der Waals surface area (Å²) in [5.41, 5.74) is 0.679. The summed E-state index contributed by atoms with van der Waals surface area (Å²) in [6.45, 7) is 9.70. The van der Waals surface area contributed by atoms with Crippen molar-refractivity contribution in [2.24, 2.45) is 5.92 Å². The SMILES string of the molecule is C=C(CN(C)CCOC)C(=O)C(C)C. The quantitative estimate of drug-likeness (QED) is 0.580. The number of hydrogen-bond donors (Lipinski definition) is 0. The van der Waals surface area contributed by atoms with E-state index in [4.69, 9.17) is 4.74 Å². The lowest BCUT2D eigenvalue weighted by Crippen LogP contribution is -2.28. The largest absolute Gasteiger partial charge is 0.383 e. The summed E-state index contributed by atoms with van der Waals surface area (Å²) in [4.78, 5) is 13.5. The predicted molar refractivity (Wildman–Crippen MR) is 58.4 cm³/mol. The van der Waals surface area contributed by atoms with Gasteiger partial charge in [0.1, 0.15) is 0 Å². The number of rotatable bonds is 7. The van der Waals surface area contributed by atoms with Gasteiger partial charge in [0.25, 0.3) is 0 Å². The van der Waals surface area contributed by atoms with Crippen molar-refractivity contribution in [1.82, 2.24) is 4.90 Å². The van der Waals surface area contributed by atoms with Crippen LogP contribution in [0.4, 0.5) is 0 Å². The van der Waals surface area contributed by atoms with Crippen LogP contribution in [0.1, 0.15) is 13.8 Å². The number of ketones is 1. The maximum atomic E-state index is 11.5. The van der Waals surface area contributed by atoms with Crippen LogP contribution >= 0.6 is 0 Å². The highest BCUT2D eigenvalue weighted by Gasteiger charge is 2.12. The maximum Gasteiger partial charge on any atom is 0.162 e. The van der Waals surface area contributed by atoms with Gasteiger partial charge in [-0.1, -0.05) is 20.4 Å². The van der Waals surface area contributed by atoms with E-state index in [1.807, 2.05) is 25.8 Å². The Morgan fingerprint density at radius 1 is 1.50 bits per heavy atom. The van der Waals surface area contributed by atoms with Crippen LogP contribution in [-0.4, -0.2) is 44.5 Å². The second-order valence-corrected chi connectivity index (χ2v) is 3.85. The molecule has 0 saturated heterocycles. The standard InChI is InChI=1S/C11H21NO2/c1-9(2)11(13)10(3)8-12(4)6-7-14-5/h9H,3,6-8H2,1-2,4-5H3. The van der Waals surface area contributed by atoms with Gasteiger partial charge in [0, 0.05) is 31.7 Å². The lowest BCUT2D eigenvalue weighted by Gasteiger charge is -2.17. The van der Waals surface area contributed by atoms with E-state index in [1.54, 1.807) is 7.11 Å². The van der Waals surface area contributed by atoms with Crippen molar-refractivity contribution in [3.63, 3.8) is 0 Å². The normalized spacial score (nSPS) is 11.0. The maximum absolute atomic E-state index is 11.5. The number of Topliss-reactive ketones (excluding diaryl/α,β-unsaturated/α-hetero) is 1. The minimum absolute atomic E-state index is 0.0401. The van der Waals surface area contributed by atoms with Gasteiger partial charge in [-0.3, -0.25) is 9.69 Å². The molecule has 0 N–H and O–H groups in total. The Bertz CT molecular complexity index is 199. The molecule has 0 fully saturated rings. The zero-order valence-electron chi connectivity index (χ0n) is 9.67. The fraction of sp³-hybridized carbons (Fsp3) is 0.727. The summed E-state index contributed by atoms with van der Waals surface area (Å²) in [7, 11) is 3.62. The monoisotopic (exact) mass is 199 g/mol. The topological polar surface area (TPSA) is 29.5 Å². The van der Waals surface area contributed by atoms with Gasteiger partial charge in [0.2, 0.25) is 0 Å². The van der Waals surface area contributed by atoms with E-state index in [2.05, 4.69) is 6.58 Å². The van der Waals surface area contributed by atoms with Crippen molar-refractivity contribution in [2.75, 3.05) is 33.9 Å². The van der Waals surface area contributed by atoms with Crippen molar-refractivity contribution in [1.29, 1.82) is 0 Å². The molecule has 14 heavy (non-hydrogen) atoms. The van der Waals surface area contributed by atoms with Gasteiger partial charge in [0.05, 0.1) is 6.61 Å². The highest BCUT2D eigenvalue weighted by molar-refractivity contribution is 5.96. The van der Waals surface area contributed by atoms with E-state index in [9.17, 15) is 4.79 Å². The first-order valence-electron chi connectivity index (χ1n) is 4.88. The van der Waals surface area contributed by atoms with E-state index in [0.717, 1.165) is 6.54 Å². The molecule has 0 amide bonds. The zero-order valence-corrected chi connectivity index (χ0v) is 9.67. The molecule has 0 aliphatic heterocycles. The molecule has 0 saturated carbocycles. The Morgan fingerprint density at radius 3 is 2.50 bits per heavy atom. The average molecular weight is 199 g/mol. The summed E-state index contributed by atoms with van der Waals surface area (Å²) < 4.78 is 4.95. The highest BCUT2D eigenvalue weighted by atomic mass is 16.5. The first kappa shape index (κ1) is 13.3. The predicted octanol–water partition coefficient (Wildman–Crippen LogP) is 1.35. The fourth-order valence-electron chi connectivity index (χ4n) is 1.14. The Morgan fingerprint density at radius 2 is 2.07 bits per heavy atom. The third kappa shape index (κ3) is 5.14. The van der Waals surface area contributed by atoms with E-state index < -0.39 is 0 Å². The van der Waals surface area contributed by atoms with Gasteiger partial charge in [-0.15, -0.1) is 0 Å². The second kappa shape index (κ2) is 6.74. The van der Waals surface area contributed by atoms with E-state index in [0.29, 0.717) is 18.7 Å². The molecule has 0 rings (SSSR count). The molecular formula is C11H21NO2. The number of hydrogen-bond acceptors (Lipinski definition) is 3. The minimum atomic E-state index is 0.0401. The van der Waals surface area contributed by atoms with Crippen molar-refractivity contribution in [3.05, 3.63) is 12.2 Å². The third-order valence-corrected chi connectivity index (χ3v) is 2.01. The summed E-state index contributed by atoms with van der Waals surface area (Å²) in [5.74, 6) is 0.188. The van der Waals surface area contributed by atoms with Gasteiger partial charge in [-0.2, -0.15) is 0 Å². The van der Waals surface area contributed by atoms with Gasteiger partial charge in [-0.25, -0.2) is 0 Å². The van der Waals surface area contributed by atoms with Crippen LogP contribution in [-0.2, 0) is 9.53 Å². The molecule has 3 nitrogen and oxygen atoms in total. The second-order valence-electron chi connectivity index (χ2n) is 3.85. The summed E-state index contributed by atoms with van der Waals surface area (Å²) in [6.07, 6.45) is 0. The number of carbonyl (C=O) groups excluding carboxylic acids is 1. The van der Waals surface area contributed by atoms with Gasteiger partial charge < -0.3 is 4.74 Å². The number of methoxy groups -OCH3 is 1. The molecule has 0 radical (unpaired) electrons. The Balaban J connectivity index is 3.87. The third-order valence-electron chi connectivity index (χ3n) is 2.01. The molecule has 82 valence electrons. The van der Waals surface area contributed by atoms with Gasteiger partial charge in [-0.05, 0) is 7.05 Å². The Labute approximate surface area is 86.7 Å². The van der Waals surface area contributed by atoms with Gasteiger partial charge >= 0.3 is 0 Å². The number of carbonyl (C=O) groups is 1. The first-order chi connectivity index (χ1) is 6.49. The Kier molecular flexibility index (Phi) is 6.41. The van der Waals surface area contributed by atoms with Crippen LogP contribution in [0.15, 0.2) is 12.2 Å². The van der Waals surface area contributed by atoms with E-state index in [-0.39, 0.29) is 11.7 Å². The molecule has 0 atom stereocenters. The summed E-state index contributed by atoms with van der Waals surface area (Å²) in [5, 5.41) is 0. The molecule has 0 aliphatic rings. The van der Waals surface area contributed by atoms with Crippen molar-refractivity contribution in [3.8, 4) is 0 Å². The fourth-order valence-corrected chi connectivity index (χ4v) is 1.14. The van der Waals surface area contributed by atoms with Crippen LogP contribution in [0.2, 0.25) is 0 Å². The number of likely N-dealkylation sites (N-methyl/N-ethyl adjacent to an activating group) is 1. The van der Waals surface area contributed by atoms with E-state index >= 15 is 0 Å². The van der Waals surface area contributed by atoms with Crippen LogP contribution in [0, 0.1) is 5.92 Å². The molecule has 0 aromatic carbocycles. The van der Waals surface area contributed by atoms with Crippen molar-refractivity contribution < 1.29 is 9.53 Å². The lowest BCUT2D eigenvalue weighted by molar-refractivity contribution is -0.118. The number of ether oxygens (including phenoxy) is 1. The molecule has 0 bridgehead atoms. The minimum Gasteiger partial charge on any atom is -0.383 e. The Hall–Kier alpha value is -0.670. The molecule has 0 aromatic heterocycles. The highest BCUT2D eigenvalue weighted by Crippen LogP contribution is 2.04. The van der Waals surface area contributed by atoms with Crippen molar-refractivity contribution in [2.45, 2.75) is 13.8 Å². The molecule has 0 aliphatic carbocycles. The summed E-state index contributed by atoms with van der Waals surface area (Å²) >= 11 is 0. The van der Waals surface area contributed by atoms with Gasteiger partial charge in [0.15, 0.2) is 5.78 Å². The van der Waals surface area contributed by atoms with Crippen LogP contribution in [0.25, 0.3) is 0 Å².